The van der Waals surface area contributed by atoms with Crippen LogP contribution in [0.3, 0.4) is 0 Å². The minimum Gasteiger partial charge on any atom is -0.295 e. The predicted molar refractivity (Wildman–Crippen MR) is 77.4 cm³/mol. The zero-order valence-corrected chi connectivity index (χ0v) is 12.3. The lowest BCUT2D eigenvalue weighted by atomic mass is 9.99. The Morgan fingerprint density at radius 1 is 1.35 bits per heavy atom. The van der Waals surface area contributed by atoms with E-state index >= 15 is 0 Å². The molecular formula is C16H19FN2O. The highest BCUT2D eigenvalue weighted by molar-refractivity contribution is 5.95. The summed E-state index contributed by atoms with van der Waals surface area (Å²) in [5, 5.41) is 4.46. The van der Waals surface area contributed by atoms with Gasteiger partial charge in [0, 0.05) is 28.9 Å². The van der Waals surface area contributed by atoms with Crippen molar-refractivity contribution < 1.29 is 9.18 Å². The van der Waals surface area contributed by atoms with Gasteiger partial charge >= 0.3 is 0 Å². The van der Waals surface area contributed by atoms with Gasteiger partial charge in [-0.2, -0.15) is 5.10 Å². The van der Waals surface area contributed by atoms with Crippen LogP contribution < -0.4 is 0 Å². The van der Waals surface area contributed by atoms with Gasteiger partial charge in [0.2, 0.25) is 0 Å². The Labute approximate surface area is 118 Å². The second-order valence-electron chi connectivity index (χ2n) is 5.02. The van der Waals surface area contributed by atoms with Crippen LogP contribution in [0.5, 0.6) is 0 Å². The Morgan fingerprint density at radius 3 is 2.65 bits per heavy atom. The number of hydrogen-bond donors (Lipinski definition) is 0. The molecule has 0 atom stereocenters. The molecule has 0 bridgehead atoms. The van der Waals surface area contributed by atoms with E-state index in [9.17, 15) is 9.18 Å². The normalized spacial score (nSPS) is 10.8. The second-order valence-corrected chi connectivity index (χ2v) is 5.02. The average molecular weight is 274 g/mol. The number of carbonyl (C=O) groups excluding carboxylic acids is 1. The summed E-state index contributed by atoms with van der Waals surface area (Å²) in [6.45, 7) is 8.17. The summed E-state index contributed by atoms with van der Waals surface area (Å²) < 4.78 is 16.0. The van der Waals surface area contributed by atoms with E-state index in [2.05, 4.69) is 12.0 Å². The number of benzene rings is 1. The molecule has 1 aromatic heterocycles. The Balaban J connectivity index is 2.62. The van der Waals surface area contributed by atoms with E-state index in [1.54, 1.807) is 6.07 Å². The molecule has 0 unspecified atom stereocenters. The third-order valence-corrected chi connectivity index (χ3v) is 3.46. The topological polar surface area (TPSA) is 34.9 Å². The lowest BCUT2D eigenvalue weighted by Gasteiger charge is -2.07. The lowest BCUT2D eigenvalue weighted by Crippen LogP contribution is -2.01. The number of hydrogen-bond acceptors (Lipinski definition) is 2. The first-order chi connectivity index (χ1) is 9.45. The number of halogens is 1. The third-order valence-electron chi connectivity index (χ3n) is 3.46. The van der Waals surface area contributed by atoms with E-state index in [0.29, 0.717) is 11.1 Å². The molecule has 0 aliphatic carbocycles. The van der Waals surface area contributed by atoms with Gasteiger partial charge in [0.05, 0.1) is 5.69 Å². The molecule has 0 saturated carbocycles. The summed E-state index contributed by atoms with van der Waals surface area (Å²) in [4.78, 5) is 11.5. The highest BCUT2D eigenvalue weighted by atomic mass is 19.1. The van der Waals surface area contributed by atoms with Gasteiger partial charge in [-0.1, -0.05) is 6.92 Å². The summed E-state index contributed by atoms with van der Waals surface area (Å²) in [5.41, 5.74) is 3.48. The number of rotatable bonds is 4. The zero-order chi connectivity index (χ0) is 14.9. The van der Waals surface area contributed by atoms with Crippen molar-refractivity contribution in [1.29, 1.82) is 0 Å². The molecular weight excluding hydrogens is 255 g/mol. The molecule has 4 heteroatoms. The van der Waals surface area contributed by atoms with Crippen molar-refractivity contribution in [3.63, 3.8) is 0 Å². The maximum Gasteiger partial charge on any atom is 0.159 e. The summed E-state index contributed by atoms with van der Waals surface area (Å²) in [7, 11) is 0. The Hall–Kier alpha value is -1.97. The second kappa shape index (κ2) is 5.57. The van der Waals surface area contributed by atoms with Crippen molar-refractivity contribution in [2.45, 2.75) is 40.7 Å². The highest BCUT2D eigenvalue weighted by Gasteiger charge is 2.17. The van der Waals surface area contributed by atoms with E-state index < -0.39 is 0 Å². The van der Waals surface area contributed by atoms with Gasteiger partial charge < -0.3 is 0 Å². The van der Waals surface area contributed by atoms with E-state index in [1.807, 2.05) is 18.5 Å². The molecule has 106 valence electrons. The van der Waals surface area contributed by atoms with E-state index in [-0.39, 0.29) is 11.6 Å². The fraction of sp³-hybridized carbons (Fsp3) is 0.375. The minimum atomic E-state index is -0.322. The Bertz CT molecular complexity index is 659. The smallest absolute Gasteiger partial charge is 0.159 e. The van der Waals surface area contributed by atoms with Gasteiger partial charge in [-0.25, -0.2) is 4.39 Å². The fourth-order valence-corrected chi connectivity index (χ4v) is 2.45. The van der Waals surface area contributed by atoms with Gasteiger partial charge in [0.15, 0.2) is 5.78 Å². The Morgan fingerprint density at radius 2 is 2.05 bits per heavy atom. The summed E-state index contributed by atoms with van der Waals surface area (Å²) >= 11 is 0. The maximum absolute atomic E-state index is 14.1. The van der Waals surface area contributed by atoms with Gasteiger partial charge in [-0.15, -0.1) is 0 Å². The van der Waals surface area contributed by atoms with Crippen molar-refractivity contribution in [3.8, 4) is 11.1 Å². The molecule has 0 radical (unpaired) electrons. The molecule has 3 nitrogen and oxygen atoms in total. The summed E-state index contributed by atoms with van der Waals surface area (Å²) in [6, 6.07) is 4.48. The van der Waals surface area contributed by atoms with Crippen molar-refractivity contribution >= 4 is 5.78 Å². The number of aromatic nitrogens is 2. The average Bonchev–Trinajstić information content (AvgIpc) is 2.66. The van der Waals surface area contributed by atoms with E-state index in [1.165, 1.54) is 19.1 Å². The zero-order valence-electron chi connectivity index (χ0n) is 12.3. The molecule has 0 N–H and O–H groups in total. The molecule has 1 aromatic carbocycles. The van der Waals surface area contributed by atoms with Crippen LogP contribution in [0.25, 0.3) is 11.1 Å². The number of carbonyl (C=O) groups is 1. The van der Waals surface area contributed by atoms with Crippen LogP contribution in [0, 0.1) is 19.7 Å². The standard InChI is InChI=1S/C16H19FN2O/c1-5-8-19-11(3)16(10(2)18-19)14-9-13(12(4)20)6-7-15(14)17/h6-7,9H,5,8H2,1-4H3. The first kappa shape index (κ1) is 14.4. The highest BCUT2D eigenvalue weighted by Crippen LogP contribution is 2.30. The van der Waals surface area contributed by atoms with Crippen LogP contribution in [-0.4, -0.2) is 15.6 Å². The molecule has 2 aromatic rings. The number of nitrogens with zero attached hydrogens (tertiary/aromatic N) is 2. The molecule has 1 heterocycles. The molecule has 0 fully saturated rings. The third kappa shape index (κ3) is 2.50. The monoisotopic (exact) mass is 274 g/mol. The van der Waals surface area contributed by atoms with Crippen molar-refractivity contribution in [2.75, 3.05) is 0 Å². The van der Waals surface area contributed by atoms with Gasteiger partial charge in [0.25, 0.3) is 0 Å². The van der Waals surface area contributed by atoms with Gasteiger partial charge in [-0.3, -0.25) is 9.48 Å². The number of ketones is 1. The molecule has 0 spiro atoms. The quantitative estimate of drug-likeness (QED) is 0.792. The maximum atomic E-state index is 14.1. The van der Waals surface area contributed by atoms with Crippen LogP contribution in [0.2, 0.25) is 0 Å². The largest absolute Gasteiger partial charge is 0.295 e. The molecule has 20 heavy (non-hydrogen) atoms. The van der Waals surface area contributed by atoms with Crippen molar-refractivity contribution in [2.24, 2.45) is 0 Å². The Kier molecular flexibility index (Phi) is 4.02. The molecule has 0 amide bonds. The molecule has 0 aliphatic rings. The van der Waals surface area contributed by atoms with Crippen molar-refractivity contribution in [1.82, 2.24) is 9.78 Å². The van der Waals surface area contributed by atoms with Gasteiger partial charge in [-0.05, 0) is 45.4 Å². The summed E-state index contributed by atoms with van der Waals surface area (Å²) in [6.07, 6.45) is 0.970. The first-order valence-corrected chi connectivity index (χ1v) is 6.80. The minimum absolute atomic E-state index is 0.0671. The van der Waals surface area contributed by atoms with E-state index in [0.717, 1.165) is 29.9 Å². The molecule has 2 rings (SSSR count). The van der Waals surface area contributed by atoms with Crippen LogP contribution in [0.4, 0.5) is 4.39 Å². The van der Waals surface area contributed by atoms with Crippen LogP contribution in [0.1, 0.15) is 42.0 Å². The predicted octanol–water partition coefficient (Wildman–Crippen LogP) is 3.92. The van der Waals surface area contributed by atoms with E-state index in [4.69, 9.17) is 0 Å². The summed E-state index contributed by atoms with van der Waals surface area (Å²) in [5.74, 6) is -0.389. The first-order valence-electron chi connectivity index (χ1n) is 6.80. The molecule has 0 saturated heterocycles. The van der Waals surface area contributed by atoms with Crippen LogP contribution >= 0.6 is 0 Å². The van der Waals surface area contributed by atoms with Crippen LogP contribution in [0.15, 0.2) is 18.2 Å². The fourth-order valence-electron chi connectivity index (χ4n) is 2.45. The molecule has 0 aliphatic heterocycles. The number of aryl methyl sites for hydroxylation is 2. The SMILES string of the molecule is CCCn1nc(C)c(-c2cc(C(C)=O)ccc2F)c1C. The van der Waals surface area contributed by atoms with Crippen molar-refractivity contribution in [3.05, 3.63) is 41.0 Å². The number of Topliss-reactive ketones (excluding diaryl/α,β-unsaturated/α-hetero) is 1. The van der Waals surface area contributed by atoms with Crippen LogP contribution in [-0.2, 0) is 6.54 Å². The lowest BCUT2D eigenvalue weighted by molar-refractivity contribution is 0.101. The van der Waals surface area contributed by atoms with Gasteiger partial charge in [0.1, 0.15) is 5.82 Å².